The van der Waals surface area contributed by atoms with E-state index in [1.165, 1.54) is 46.0 Å². The van der Waals surface area contributed by atoms with E-state index in [4.69, 9.17) is 0 Å². The van der Waals surface area contributed by atoms with Crippen molar-refractivity contribution < 1.29 is 4.79 Å². The molecule has 3 heterocycles. The third-order valence-electron chi connectivity index (χ3n) is 6.22. The Morgan fingerprint density at radius 1 is 1.10 bits per heavy atom. The number of nitrogens with zero attached hydrogens (tertiary/aromatic N) is 2. The lowest BCUT2D eigenvalue weighted by Crippen LogP contribution is -2.36. The second kappa shape index (κ2) is 7.06. The smallest absolute Gasteiger partial charge is 0.312 e. The molecular formula is C24H27N3OS. The molecule has 2 aromatic heterocycles. The van der Waals surface area contributed by atoms with Crippen LogP contribution in [0.1, 0.15) is 58.6 Å². The fourth-order valence-corrected chi connectivity index (χ4v) is 6.25. The monoisotopic (exact) mass is 405 g/mol. The summed E-state index contributed by atoms with van der Waals surface area (Å²) in [5.74, 6) is 0. The highest BCUT2D eigenvalue weighted by atomic mass is 32.1. The molecule has 0 saturated carbocycles. The molecule has 2 aliphatic rings. The number of hydrogen-bond acceptors (Lipinski definition) is 2. The largest absolute Gasteiger partial charge is 0.322 e. The van der Waals surface area contributed by atoms with Gasteiger partial charge in [-0.2, -0.15) is 0 Å². The van der Waals surface area contributed by atoms with E-state index in [0.29, 0.717) is 6.54 Å². The summed E-state index contributed by atoms with van der Waals surface area (Å²) in [6.45, 7) is 6.93. The summed E-state index contributed by atoms with van der Waals surface area (Å²) in [7, 11) is 0. The number of urea groups is 1. The van der Waals surface area contributed by atoms with Gasteiger partial charge in [0.2, 0.25) is 0 Å². The minimum atomic E-state index is -0.0288. The van der Waals surface area contributed by atoms with E-state index in [0.717, 1.165) is 23.2 Å². The van der Waals surface area contributed by atoms with Crippen LogP contribution in [0.4, 0.5) is 10.5 Å². The Morgan fingerprint density at radius 2 is 1.86 bits per heavy atom. The minimum Gasteiger partial charge on any atom is -0.312 e. The average molecular weight is 406 g/mol. The molecule has 3 aromatic rings. The van der Waals surface area contributed by atoms with Gasteiger partial charge in [0, 0.05) is 28.0 Å². The van der Waals surface area contributed by atoms with E-state index in [9.17, 15) is 4.79 Å². The molecule has 1 aromatic carbocycles. The molecule has 1 atom stereocenters. The lowest BCUT2D eigenvalue weighted by Gasteiger charge is -2.28. The van der Waals surface area contributed by atoms with Gasteiger partial charge in [-0.1, -0.05) is 6.07 Å². The Balaban J connectivity index is 1.54. The molecule has 0 spiro atoms. The molecule has 0 saturated heterocycles. The maximum absolute atomic E-state index is 13.4. The van der Waals surface area contributed by atoms with Gasteiger partial charge in [0.25, 0.3) is 0 Å². The second-order valence-corrected chi connectivity index (χ2v) is 9.49. The molecule has 1 aliphatic heterocycles. The zero-order chi connectivity index (χ0) is 20.1. The van der Waals surface area contributed by atoms with Crippen LogP contribution in [0.25, 0.3) is 5.00 Å². The van der Waals surface area contributed by atoms with Crippen molar-refractivity contribution in [2.24, 2.45) is 0 Å². The van der Waals surface area contributed by atoms with Crippen molar-refractivity contribution in [3.8, 4) is 5.00 Å². The van der Waals surface area contributed by atoms with Gasteiger partial charge in [0.1, 0.15) is 5.00 Å². The van der Waals surface area contributed by atoms with Crippen molar-refractivity contribution >= 4 is 23.1 Å². The van der Waals surface area contributed by atoms with Crippen molar-refractivity contribution in [2.75, 3.05) is 5.32 Å². The van der Waals surface area contributed by atoms with Crippen molar-refractivity contribution in [3.63, 3.8) is 0 Å². The number of hydrogen-bond donors (Lipinski definition) is 1. The van der Waals surface area contributed by atoms with E-state index in [2.05, 4.69) is 55.1 Å². The molecule has 4 nitrogen and oxygen atoms in total. The number of fused-ring (bicyclic) bond motifs is 5. The van der Waals surface area contributed by atoms with Crippen LogP contribution in [0.15, 0.2) is 36.5 Å². The maximum Gasteiger partial charge on any atom is 0.322 e. The van der Waals surface area contributed by atoms with Crippen LogP contribution < -0.4 is 5.32 Å². The third-order valence-corrected chi connectivity index (χ3v) is 7.55. The lowest BCUT2D eigenvalue weighted by atomic mass is 9.95. The number of nitrogens with one attached hydrogen (secondary N) is 1. The van der Waals surface area contributed by atoms with Crippen molar-refractivity contribution in [1.82, 2.24) is 9.47 Å². The number of aromatic nitrogens is 1. The number of carbonyl (C=O) groups is 1. The summed E-state index contributed by atoms with van der Waals surface area (Å²) < 4.78 is 2.31. The molecule has 1 aliphatic carbocycles. The van der Waals surface area contributed by atoms with Gasteiger partial charge in [-0.3, -0.25) is 0 Å². The van der Waals surface area contributed by atoms with Crippen LogP contribution in [0, 0.1) is 13.8 Å². The Labute approximate surface area is 176 Å². The topological polar surface area (TPSA) is 37.3 Å². The molecule has 0 unspecified atom stereocenters. The highest BCUT2D eigenvalue weighted by Crippen LogP contribution is 2.42. The maximum atomic E-state index is 13.4. The van der Waals surface area contributed by atoms with Gasteiger partial charge >= 0.3 is 6.03 Å². The summed E-state index contributed by atoms with van der Waals surface area (Å²) in [5, 5.41) is 4.47. The molecular weight excluding hydrogens is 378 g/mol. The molecule has 0 radical (unpaired) electrons. The normalized spacial score (nSPS) is 17.9. The zero-order valence-electron chi connectivity index (χ0n) is 17.3. The van der Waals surface area contributed by atoms with Gasteiger partial charge in [0.15, 0.2) is 0 Å². The van der Waals surface area contributed by atoms with E-state index in [-0.39, 0.29) is 12.1 Å². The predicted octanol–water partition coefficient (Wildman–Crippen LogP) is 6.14. The number of rotatable bonds is 1. The Hall–Kier alpha value is -2.53. The minimum absolute atomic E-state index is 0.00902. The van der Waals surface area contributed by atoms with Crippen LogP contribution in [-0.4, -0.2) is 15.5 Å². The number of aryl methyl sites for hydroxylation is 3. The van der Waals surface area contributed by atoms with Gasteiger partial charge < -0.3 is 14.8 Å². The predicted molar refractivity (Wildman–Crippen MR) is 119 cm³/mol. The van der Waals surface area contributed by atoms with E-state index < -0.39 is 0 Å². The Kier molecular flexibility index (Phi) is 4.50. The van der Waals surface area contributed by atoms with Gasteiger partial charge in [-0.25, -0.2) is 4.79 Å². The third kappa shape index (κ3) is 3.18. The first-order valence-corrected chi connectivity index (χ1v) is 11.3. The van der Waals surface area contributed by atoms with Crippen molar-refractivity contribution in [3.05, 3.63) is 69.4 Å². The molecule has 29 heavy (non-hydrogen) atoms. The van der Waals surface area contributed by atoms with E-state index in [1.54, 1.807) is 0 Å². The van der Waals surface area contributed by atoms with Gasteiger partial charge in [-0.05, 0) is 87.4 Å². The highest BCUT2D eigenvalue weighted by molar-refractivity contribution is 7.15. The summed E-state index contributed by atoms with van der Waals surface area (Å²) in [6, 6.07) is 10.4. The molecule has 2 amide bonds. The van der Waals surface area contributed by atoms with Gasteiger partial charge in [-0.15, -0.1) is 11.3 Å². The second-order valence-electron chi connectivity index (χ2n) is 8.41. The van der Waals surface area contributed by atoms with Crippen LogP contribution in [0.2, 0.25) is 0 Å². The van der Waals surface area contributed by atoms with Crippen LogP contribution >= 0.6 is 11.3 Å². The number of carbonyl (C=O) groups excluding carboxylic acids is 1. The summed E-state index contributed by atoms with van der Waals surface area (Å²) in [4.78, 5) is 16.9. The van der Waals surface area contributed by atoms with Gasteiger partial charge in [0.05, 0.1) is 12.6 Å². The molecule has 0 bridgehead atoms. The molecule has 5 heteroatoms. The Bertz CT molecular complexity index is 1070. The molecule has 1 N–H and O–H groups in total. The van der Waals surface area contributed by atoms with Crippen LogP contribution in [-0.2, 0) is 19.4 Å². The SMILES string of the molecule is Cc1cc(C)cc(NC(=O)N2Cc3c(sc4c3CCCC4)-n3cccc3[C@@H]2C)c1. The first kappa shape index (κ1) is 18.5. The van der Waals surface area contributed by atoms with Crippen molar-refractivity contribution in [2.45, 2.75) is 59.0 Å². The fourth-order valence-electron chi connectivity index (χ4n) is 4.85. The highest BCUT2D eigenvalue weighted by Gasteiger charge is 2.32. The van der Waals surface area contributed by atoms with E-state index in [1.807, 2.05) is 28.4 Å². The summed E-state index contributed by atoms with van der Waals surface area (Å²) in [5.41, 5.74) is 7.21. The summed E-state index contributed by atoms with van der Waals surface area (Å²) in [6.07, 6.45) is 6.99. The Morgan fingerprint density at radius 3 is 2.66 bits per heavy atom. The van der Waals surface area contributed by atoms with Crippen LogP contribution in [0.3, 0.4) is 0 Å². The molecule has 5 rings (SSSR count). The number of benzene rings is 1. The number of thiophene rings is 1. The molecule has 0 fully saturated rings. The first-order chi connectivity index (χ1) is 14.0. The molecule has 150 valence electrons. The number of amides is 2. The number of anilines is 1. The lowest BCUT2D eigenvalue weighted by molar-refractivity contribution is 0.189. The van der Waals surface area contributed by atoms with Crippen LogP contribution in [0.5, 0.6) is 0 Å². The average Bonchev–Trinajstić information content (AvgIpc) is 3.27. The summed E-state index contributed by atoms with van der Waals surface area (Å²) >= 11 is 1.93. The quantitative estimate of drug-likeness (QED) is 0.518. The standard InChI is InChI=1S/C24H27N3OS/c1-15-11-16(2)13-18(12-15)25-24(28)27-14-20-19-7-4-5-9-22(19)29-23(20)26-10-6-8-21(26)17(27)3/h6,8,10-13,17H,4-5,7,9,14H2,1-3H3,(H,25,28)/t17-/m0/s1. The first-order valence-electron chi connectivity index (χ1n) is 10.5. The van der Waals surface area contributed by atoms with Crippen molar-refractivity contribution in [1.29, 1.82) is 0 Å². The fraction of sp³-hybridized carbons (Fsp3) is 0.375. The van der Waals surface area contributed by atoms with E-state index >= 15 is 0 Å². The zero-order valence-corrected chi connectivity index (χ0v) is 18.1.